The maximum atomic E-state index is 13.6. The summed E-state index contributed by atoms with van der Waals surface area (Å²) >= 11 is 0. The molecule has 2 aliphatic rings. The molecule has 0 N–H and O–H groups in total. The molecule has 0 spiro atoms. The fraction of sp³-hybridized carbons (Fsp3) is 0.167. The van der Waals surface area contributed by atoms with E-state index in [0.29, 0.717) is 11.3 Å². The van der Waals surface area contributed by atoms with E-state index in [1.807, 2.05) is 37.3 Å². The Bertz CT molecular complexity index is 1120. The Morgan fingerprint density at radius 2 is 1.50 bits per heavy atom. The molecule has 0 unspecified atom stereocenters. The summed E-state index contributed by atoms with van der Waals surface area (Å²) in [4.78, 5) is 33.9. The number of nitrogens with zero attached hydrogens (tertiary/aromatic N) is 2. The molecule has 2 amide bonds. The van der Waals surface area contributed by atoms with E-state index in [0.717, 1.165) is 11.3 Å². The van der Waals surface area contributed by atoms with Gasteiger partial charge in [0, 0.05) is 0 Å². The van der Waals surface area contributed by atoms with Crippen LogP contribution in [0.1, 0.15) is 17.2 Å². The van der Waals surface area contributed by atoms with Crippen molar-refractivity contribution in [3.05, 3.63) is 95.8 Å². The van der Waals surface area contributed by atoms with Gasteiger partial charge in [0.05, 0.1) is 17.4 Å². The third-order valence-electron chi connectivity index (χ3n) is 5.69. The Morgan fingerprint density at radius 3 is 2.20 bits per heavy atom. The molecule has 2 aliphatic heterocycles. The third-order valence-corrected chi connectivity index (χ3v) is 5.69. The van der Waals surface area contributed by atoms with Crippen LogP contribution in [0, 0.1) is 18.7 Å². The monoisotopic (exact) mass is 402 g/mol. The van der Waals surface area contributed by atoms with E-state index in [4.69, 9.17) is 4.84 Å². The number of fused-ring (bicyclic) bond motifs is 1. The highest BCUT2D eigenvalue weighted by atomic mass is 19.1. The summed E-state index contributed by atoms with van der Waals surface area (Å²) in [5, 5.41) is 1.63. The predicted octanol–water partition coefficient (Wildman–Crippen LogP) is 4.19. The zero-order valence-corrected chi connectivity index (χ0v) is 16.2. The van der Waals surface area contributed by atoms with E-state index in [2.05, 4.69) is 0 Å². The van der Waals surface area contributed by atoms with Crippen molar-refractivity contribution in [2.45, 2.75) is 19.1 Å². The number of carbonyl (C=O) groups excluding carboxylic acids is 2. The molecule has 5 nitrogen and oxygen atoms in total. The van der Waals surface area contributed by atoms with Gasteiger partial charge in [-0.3, -0.25) is 14.4 Å². The molecule has 2 fully saturated rings. The smallest absolute Gasteiger partial charge is 0.266 e. The van der Waals surface area contributed by atoms with Crippen LogP contribution in [0.2, 0.25) is 0 Å². The normalized spacial score (nSPS) is 23.2. The lowest BCUT2D eigenvalue weighted by molar-refractivity contribution is -0.126. The molecular weight excluding hydrogens is 383 g/mol. The summed E-state index contributed by atoms with van der Waals surface area (Å²) in [6, 6.07) is 21.9. The van der Waals surface area contributed by atoms with Crippen LogP contribution in [0.25, 0.3) is 0 Å². The summed E-state index contributed by atoms with van der Waals surface area (Å²) in [5.74, 6) is -1.81. The molecule has 150 valence electrons. The van der Waals surface area contributed by atoms with Gasteiger partial charge < -0.3 is 0 Å². The number of hydrogen-bond donors (Lipinski definition) is 0. The quantitative estimate of drug-likeness (QED) is 0.617. The lowest BCUT2D eigenvalue weighted by Gasteiger charge is -2.29. The number of anilines is 2. The number of rotatable bonds is 3. The summed E-state index contributed by atoms with van der Waals surface area (Å²) in [6.45, 7) is 1.94. The molecule has 3 aromatic carbocycles. The van der Waals surface area contributed by atoms with Crippen molar-refractivity contribution in [1.82, 2.24) is 0 Å². The Kier molecular flexibility index (Phi) is 4.37. The third kappa shape index (κ3) is 2.80. The number of amides is 2. The van der Waals surface area contributed by atoms with Crippen LogP contribution in [0.5, 0.6) is 0 Å². The predicted molar refractivity (Wildman–Crippen MR) is 110 cm³/mol. The topological polar surface area (TPSA) is 49.9 Å². The second-order valence-electron chi connectivity index (χ2n) is 7.51. The number of para-hydroxylation sites is 2. The first-order valence-corrected chi connectivity index (χ1v) is 9.76. The average Bonchev–Trinajstić information content (AvgIpc) is 3.26. The minimum absolute atomic E-state index is 0.318. The maximum absolute atomic E-state index is 13.6. The summed E-state index contributed by atoms with van der Waals surface area (Å²) < 4.78 is 13.6. The number of carbonyl (C=O) groups is 2. The van der Waals surface area contributed by atoms with E-state index in [1.54, 1.807) is 41.5 Å². The molecule has 6 heteroatoms. The van der Waals surface area contributed by atoms with E-state index < -0.39 is 18.1 Å². The van der Waals surface area contributed by atoms with Crippen LogP contribution in [0.15, 0.2) is 78.9 Å². The van der Waals surface area contributed by atoms with E-state index in [9.17, 15) is 14.0 Å². The van der Waals surface area contributed by atoms with Crippen molar-refractivity contribution in [2.75, 3.05) is 9.96 Å². The summed E-state index contributed by atoms with van der Waals surface area (Å²) in [5.41, 5.74) is 2.95. The number of hydrogen-bond acceptors (Lipinski definition) is 4. The first-order chi connectivity index (χ1) is 14.6. The van der Waals surface area contributed by atoms with Crippen LogP contribution in [-0.2, 0) is 14.4 Å². The van der Waals surface area contributed by atoms with Gasteiger partial charge in [0.2, 0.25) is 5.91 Å². The van der Waals surface area contributed by atoms with Gasteiger partial charge in [-0.15, -0.1) is 0 Å². The fourth-order valence-corrected chi connectivity index (χ4v) is 4.26. The molecule has 0 aliphatic carbocycles. The van der Waals surface area contributed by atoms with Crippen molar-refractivity contribution in [3.8, 4) is 0 Å². The number of imide groups is 1. The molecule has 2 heterocycles. The molecular formula is C24H19FN2O3. The standard InChI is InChI=1S/C24H19FN2O3/c1-15-7-5-6-10-19(15)27-21(16-11-13-17(25)14-12-16)20-22(30-27)24(29)26(23(20)28)18-8-3-2-4-9-18/h2-14,20-22H,1H3/t20-,21-,22-/m1/s1. The van der Waals surface area contributed by atoms with Gasteiger partial charge in [0.15, 0.2) is 6.10 Å². The second kappa shape index (κ2) is 7.07. The lowest BCUT2D eigenvalue weighted by Crippen LogP contribution is -2.37. The minimum Gasteiger partial charge on any atom is -0.273 e. The Balaban J connectivity index is 1.61. The highest BCUT2D eigenvalue weighted by Gasteiger charge is 2.60. The second-order valence-corrected chi connectivity index (χ2v) is 7.51. The highest BCUT2D eigenvalue weighted by Crippen LogP contribution is 2.48. The van der Waals surface area contributed by atoms with Gasteiger partial charge in [0.1, 0.15) is 11.7 Å². The molecule has 3 atom stereocenters. The molecule has 0 bridgehead atoms. The van der Waals surface area contributed by atoms with Crippen molar-refractivity contribution < 1.29 is 18.8 Å². The van der Waals surface area contributed by atoms with Crippen molar-refractivity contribution in [3.63, 3.8) is 0 Å². The van der Waals surface area contributed by atoms with Crippen LogP contribution >= 0.6 is 0 Å². The van der Waals surface area contributed by atoms with Crippen LogP contribution in [-0.4, -0.2) is 17.9 Å². The molecule has 5 rings (SSSR count). The van der Waals surface area contributed by atoms with E-state index in [-0.39, 0.29) is 17.6 Å². The largest absolute Gasteiger partial charge is 0.273 e. The first kappa shape index (κ1) is 18.5. The summed E-state index contributed by atoms with van der Waals surface area (Å²) in [6.07, 6.45) is -0.938. The Hall–Kier alpha value is -3.51. The van der Waals surface area contributed by atoms with Crippen molar-refractivity contribution >= 4 is 23.2 Å². The van der Waals surface area contributed by atoms with Gasteiger partial charge in [-0.1, -0.05) is 48.5 Å². The van der Waals surface area contributed by atoms with Gasteiger partial charge in [-0.05, 0) is 48.4 Å². The van der Waals surface area contributed by atoms with Crippen LogP contribution < -0.4 is 9.96 Å². The SMILES string of the molecule is Cc1ccccc1N1O[C@H]2C(=O)N(c3ccccc3)C(=O)[C@@H]2[C@H]1c1ccc(F)cc1. The number of aryl methyl sites for hydroxylation is 1. The zero-order valence-electron chi connectivity index (χ0n) is 16.2. The number of hydroxylamine groups is 1. The van der Waals surface area contributed by atoms with Gasteiger partial charge in [-0.25, -0.2) is 14.4 Å². The van der Waals surface area contributed by atoms with Crippen LogP contribution in [0.3, 0.4) is 0 Å². The van der Waals surface area contributed by atoms with Gasteiger partial charge >= 0.3 is 0 Å². The van der Waals surface area contributed by atoms with Gasteiger partial charge in [-0.2, -0.15) is 0 Å². The first-order valence-electron chi connectivity index (χ1n) is 9.76. The number of halogens is 1. The van der Waals surface area contributed by atoms with E-state index >= 15 is 0 Å². The lowest BCUT2D eigenvalue weighted by atomic mass is 9.90. The zero-order chi connectivity index (χ0) is 20.8. The maximum Gasteiger partial charge on any atom is 0.266 e. The molecule has 0 saturated carbocycles. The van der Waals surface area contributed by atoms with Crippen LogP contribution in [0.4, 0.5) is 15.8 Å². The Morgan fingerprint density at radius 1 is 0.833 bits per heavy atom. The highest BCUT2D eigenvalue weighted by molar-refractivity contribution is 6.23. The number of benzene rings is 3. The van der Waals surface area contributed by atoms with Crippen molar-refractivity contribution in [2.24, 2.45) is 5.92 Å². The van der Waals surface area contributed by atoms with E-state index in [1.165, 1.54) is 17.0 Å². The Labute approximate surface area is 173 Å². The minimum atomic E-state index is -0.938. The molecule has 0 radical (unpaired) electrons. The molecule has 2 saturated heterocycles. The average molecular weight is 402 g/mol. The molecule has 3 aromatic rings. The van der Waals surface area contributed by atoms with Gasteiger partial charge in [0.25, 0.3) is 5.91 Å². The molecule has 30 heavy (non-hydrogen) atoms. The van der Waals surface area contributed by atoms with Crippen molar-refractivity contribution in [1.29, 1.82) is 0 Å². The summed E-state index contributed by atoms with van der Waals surface area (Å²) in [7, 11) is 0. The fourth-order valence-electron chi connectivity index (χ4n) is 4.26. The molecule has 0 aromatic heterocycles.